The Bertz CT molecular complexity index is 260. The number of alkyl halides is 2. The topological polar surface area (TPSA) is 64.3 Å². The quantitative estimate of drug-likeness (QED) is 0.740. The number of nitrogens with two attached hydrogens (primary N) is 1. The number of hydrogen-bond donors (Lipinski definition) is 2. The number of rotatable bonds is 6. The zero-order valence-corrected chi connectivity index (χ0v) is 10.0. The molecule has 2 unspecified atom stereocenters. The third kappa shape index (κ3) is 3.89. The van der Waals surface area contributed by atoms with Crippen LogP contribution in [-0.2, 0) is 9.53 Å². The monoisotopic (exact) mass is 250 g/mol. The maximum atomic E-state index is 12.1. The van der Waals surface area contributed by atoms with E-state index in [1.807, 2.05) is 6.92 Å². The molecule has 17 heavy (non-hydrogen) atoms. The number of nitrogens with one attached hydrogen (secondary N) is 1. The van der Waals surface area contributed by atoms with Crippen LogP contribution in [0.5, 0.6) is 0 Å². The van der Waals surface area contributed by atoms with Gasteiger partial charge in [0.2, 0.25) is 5.91 Å². The largest absolute Gasteiger partial charge is 0.372 e. The van der Waals surface area contributed by atoms with Crippen molar-refractivity contribution in [1.82, 2.24) is 5.32 Å². The Balaban J connectivity index is 2.58. The maximum absolute atomic E-state index is 12.1. The highest BCUT2D eigenvalue weighted by atomic mass is 19.3. The van der Waals surface area contributed by atoms with Crippen molar-refractivity contribution >= 4 is 5.91 Å². The smallest absolute Gasteiger partial charge is 0.261 e. The molecular formula is C11H20F2N2O2. The zero-order chi connectivity index (χ0) is 12.9. The zero-order valence-electron chi connectivity index (χ0n) is 10.0. The van der Waals surface area contributed by atoms with Gasteiger partial charge in [0.25, 0.3) is 6.43 Å². The number of amides is 1. The Kier molecular flexibility index (Phi) is 5.27. The van der Waals surface area contributed by atoms with Crippen LogP contribution >= 0.6 is 0 Å². The molecule has 0 aromatic heterocycles. The lowest BCUT2D eigenvalue weighted by molar-refractivity contribution is -0.129. The number of carbonyl (C=O) groups is 1. The molecule has 1 amide bonds. The third-order valence-corrected chi connectivity index (χ3v) is 3.15. The Labute approximate surface area is 99.9 Å². The second kappa shape index (κ2) is 6.26. The van der Waals surface area contributed by atoms with Crippen molar-refractivity contribution in [2.24, 2.45) is 5.73 Å². The molecule has 1 rings (SSSR count). The fraction of sp³-hybridized carbons (Fsp3) is 0.909. The lowest BCUT2D eigenvalue weighted by Crippen LogP contribution is -2.59. The molecule has 1 aliphatic rings. The van der Waals surface area contributed by atoms with E-state index in [1.165, 1.54) is 0 Å². The van der Waals surface area contributed by atoms with Crippen LogP contribution in [0.2, 0.25) is 0 Å². The van der Waals surface area contributed by atoms with Crippen LogP contribution in [0, 0.1) is 0 Å². The molecule has 1 saturated carbocycles. The molecule has 0 aromatic carbocycles. The van der Waals surface area contributed by atoms with E-state index < -0.39 is 24.5 Å². The van der Waals surface area contributed by atoms with E-state index in [-0.39, 0.29) is 6.10 Å². The average Bonchev–Trinajstić information content (AvgIpc) is 2.27. The summed E-state index contributed by atoms with van der Waals surface area (Å²) in [5.74, 6) is -0.426. The number of ether oxygens (including phenoxy) is 1. The highest BCUT2D eigenvalue weighted by molar-refractivity contribution is 5.84. The highest BCUT2D eigenvalue weighted by Crippen LogP contribution is 2.30. The molecule has 0 heterocycles. The summed E-state index contributed by atoms with van der Waals surface area (Å²) in [4.78, 5) is 11.5. The van der Waals surface area contributed by atoms with Crippen molar-refractivity contribution in [1.29, 1.82) is 0 Å². The van der Waals surface area contributed by atoms with E-state index in [2.05, 4.69) is 5.32 Å². The standard InChI is InChI=1S/C11H20F2N2O2/c1-2-15-11(10(14)16)5-3-4-8(6-11)17-7-9(12)13/h8-9,15H,2-7H2,1H3,(H2,14,16). The molecule has 1 fully saturated rings. The van der Waals surface area contributed by atoms with Crippen molar-refractivity contribution in [2.75, 3.05) is 13.2 Å². The van der Waals surface area contributed by atoms with Crippen LogP contribution in [0.3, 0.4) is 0 Å². The second-order valence-corrected chi connectivity index (χ2v) is 4.42. The molecule has 0 radical (unpaired) electrons. The summed E-state index contributed by atoms with van der Waals surface area (Å²) in [6, 6.07) is 0. The predicted molar refractivity (Wildman–Crippen MR) is 59.8 cm³/mol. The molecule has 0 bridgehead atoms. The number of hydrogen-bond acceptors (Lipinski definition) is 3. The maximum Gasteiger partial charge on any atom is 0.261 e. The first-order valence-corrected chi connectivity index (χ1v) is 5.95. The van der Waals surface area contributed by atoms with Crippen molar-refractivity contribution in [3.63, 3.8) is 0 Å². The molecule has 1 aliphatic carbocycles. The summed E-state index contributed by atoms with van der Waals surface area (Å²) >= 11 is 0. The molecule has 3 N–H and O–H groups in total. The number of likely N-dealkylation sites (N-methyl/N-ethyl adjacent to an activating group) is 1. The lowest BCUT2D eigenvalue weighted by atomic mass is 9.79. The molecule has 6 heteroatoms. The third-order valence-electron chi connectivity index (χ3n) is 3.15. The highest BCUT2D eigenvalue weighted by Gasteiger charge is 2.41. The summed E-state index contributed by atoms with van der Waals surface area (Å²) in [5.41, 5.74) is 4.61. The van der Waals surface area contributed by atoms with E-state index in [9.17, 15) is 13.6 Å². The van der Waals surface area contributed by atoms with Crippen LogP contribution in [0.4, 0.5) is 8.78 Å². The number of carbonyl (C=O) groups excluding carboxylic acids is 1. The second-order valence-electron chi connectivity index (χ2n) is 4.42. The normalized spacial score (nSPS) is 29.5. The van der Waals surface area contributed by atoms with Gasteiger partial charge >= 0.3 is 0 Å². The van der Waals surface area contributed by atoms with Gasteiger partial charge in [-0.2, -0.15) is 0 Å². The van der Waals surface area contributed by atoms with E-state index in [1.54, 1.807) is 0 Å². The van der Waals surface area contributed by atoms with Gasteiger partial charge in [0.05, 0.1) is 6.10 Å². The van der Waals surface area contributed by atoms with E-state index in [4.69, 9.17) is 10.5 Å². The van der Waals surface area contributed by atoms with E-state index in [0.717, 1.165) is 6.42 Å². The lowest BCUT2D eigenvalue weighted by Gasteiger charge is -2.38. The van der Waals surface area contributed by atoms with Gasteiger partial charge in [-0.1, -0.05) is 6.92 Å². The molecule has 2 atom stereocenters. The minimum Gasteiger partial charge on any atom is -0.372 e. The van der Waals surface area contributed by atoms with E-state index >= 15 is 0 Å². The van der Waals surface area contributed by atoms with Gasteiger partial charge in [-0.25, -0.2) is 8.78 Å². The Morgan fingerprint density at radius 3 is 2.88 bits per heavy atom. The summed E-state index contributed by atoms with van der Waals surface area (Å²) < 4.78 is 29.2. The van der Waals surface area contributed by atoms with Gasteiger partial charge in [-0.3, -0.25) is 4.79 Å². The van der Waals surface area contributed by atoms with Gasteiger partial charge < -0.3 is 15.8 Å². The Morgan fingerprint density at radius 2 is 2.35 bits per heavy atom. The van der Waals surface area contributed by atoms with Gasteiger partial charge in [-0.15, -0.1) is 0 Å². The van der Waals surface area contributed by atoms with Crippen LogP contribution in [-0.4, -0.2) is 37.1 Å². The summed E-state index contributed by atoms with van der Waals surface area (Å²) in [6.45, 7) is 1.92. The summed E-state index contributed by atoms with van der Waals surface area (Å²) in [7, 11) is 0. The van der Waals surface area contributed by atoms with Crippen molar-refractivity contribution in [3.8, 4) is 0 Å². The van der Waals surface area contributed by atoms with Crippen LogP contribution in [0.15, 0.2) is 0 Å². The van der Waals surface area contributed by atoms with Gasteiger partial charge in [0.1, 0.15) is 12.1 Å². The Hall–Kier alpha value is -0.750. The average molecular weight is 250 g/mol. The summed E-state index contributed by atoms with van der Waals surface area (Å²) in [6.07, 6.45) is -0.312. The van der Waals surface area contributed by atoms with Crippen LogP contribution < -0.4 is 11.1 Å². The first-order valence-electron chi connectivity index (χ1n) is 5.95. The molecule has 100 valence electrons. The fourth-order valence-corrected chi connectivity index (χ4v) is 2.39. The first-order chi connectivity index (χ1) is 8.00. The SMILES string of the molecule is CCNC1(C(N)=O)CCCC(OCC(F)F)C1. The number of halogens is 2. The minimum absolute atomic E-state index is 0.315. The van der Waals surface area contributed by atoms with Crippen molar-refractivity contribution < 1.29 is 18.3 Å². The summed E-state index contributed by atoms with van der Waals surface area (Å²) in [5, 5.41) is 3.07. The van der Waals surface area contributed by atoms with Crippen molar-refractivity contribution in [2.45, 2.75) is 50.7 Å². The van der Waals surface area contributed by atoms with Crippen LogP contribution in [0.1, 0.15) is 32.6 Å². The number of primary amides is 1. The fourth-order valence-electron chi connectivity index (χ4n) is 2.39. The van der Waals surface area contributed by atoms with Gasteiger partial charge in [0, 0.05) is 6.42 Å². The molecule has 0 saturated heterocycles. The molecule has 0 aliphatic heterocycles. The first kappa shape index (κ1) is 14.3. The van der Waals surface area contributed by atoms with Gasteiger partial charge in [0.15, 0.2) is 0 Å². The minimum atomic E-state index is -2.47. The van der Waals surface area contributed by atoms with E-state index in [0.29, 0.717) is 25.8 Å². The molecule has 0 spiro atoms. The van der Waals surface area contributed by atoms with Crippen LogP contribution in [0.25, 0.3) is 0 Å². The van der Waals surface area contributed by atoms with Gasteiger partial charge in [-0.05, 0) is 25.8 Å². The molecular weight excluding hydrogens is 230 g/mol. The Morgan fingerprint density at radius 1 is 1.65 bits per heavy atom. The predicted octanol–water partition coefficient (Wildman–Crippen LogP) is 1.04. The molecule has 4 nitrogen and oxygen atoms in total. The van der Waals surface area contributed by atoms with Crippen molar-refractivity contribution in [3.05, 3.63) is 0 Å². The molecule has 0 aromatic rings.